The molecule has 3 rings (SSSR count). The summed E-state index contributed by atoms with van der Waals surface area (Å²) in [7, 11) is 0. The van der Waals surface area contributed by atoms with E-state index in [0.717, 1.165) is 31.5 Å². The fraction of sp³-hybridized carbons (Fsp3) is 0.368. The third kappa shape index (κ3) is 4.13. The standard InChI is InChI=1S/C19H21ClN2O2/c20-17-6-2-1-5-16(17)18(23)12-14-7-10-22(11-8-14)13-15-4-3-9-21-19(15)24/h1-6,9,14H,7-8,10-13H2,(H,21,24). The van der Waals surface area contributed by atoms with Gasteiger partial charge in [0.05, 0.1) is 5.02 Å². The molecule has 5 heteroatoms. The minimum absolute atomic E-state index is 0.0199. The molecular formula is C19H21ClN2O2. The molecule has 0 radical (unpaired) electrons. The van der Waals surface area contributed by atoms with Gasteiger partial charge in [0.1, 0.15) is 0 Å². The maximum absolute atomic E-state index is 12.4. The molecule has 0 aliphatic carbocycles. The number of halogens is 1. The van der Waals surface area contributed by atoms with Crippen molar-refractivity contribution in [3.05, 3.63) is 69.1 Å². The van der Waals surface area contributed by atoms with E-state index >= 15 is 0 Å². The largest absolute Gasteiger partial charge is 0.329 e. The number of Topliss-reactive ketones (excluding diaryl/α,β-unsaturated/α-hetero) is 1. The van der Waals surface area contributed by atoms with Gasteiger partial charge in [-0.2, -0.15) is 0 Å². The van der Waals surface area contributed by atoms with Gasteiger partial charge in [-0.25, -0.2) is 0 Å². The van der Waals surface area contributed by atoms with Gasteiger partial charge in [-0.05, 0) is 50.0 Å². The van der Waals surface area contributed by atoms with Crippen LogP contribution < -0.4 is 5.56 Å². The van der Waals surface area contributed by atoms with Crippen LogP contribution in [0, 0.1) is 5.92 Å². The zero-order valence-electron chi connectivity index (χ0n) is 13.5. The first-order chi connectivity index (χ1) is 11.6. The van der Waals surface area contributed by atoms with E-state index in [0.29, 0.717) is 29.5 Å². The van der Waals surface area contributed by atoms with Gasteiger partial charge in [-0.15, -0.1) is 0 Å². The molecular weight excluding hydrogens is 324 g/mol. The summed E-state index contributed by atoms with van der Waals surface area (Å²) in [6, 6.07) is 11.0. The molecule has 1 aromatic carbocycles. The Kier molecular flexibility index (Phi) is 5.48. The summed E-state index contributed by atoms with van der Waals surface area (Å²) in [5.74, 6) is 0.512. The van der Waals surface area contributed by atoms with Crippen molar-refractivity contribution < 1.29 is 4.79 Å². The molecule has 24 heavy (non-hydrogen) atoms. The molecule has 1 aliphatic heterocycles. The molecule has 0 unspecified atom stereocenters. The zero-order chi connectivity index (χ0) is 16.9. The molecule has 0 amide bonds. The van der Waals surface area contributed by atoms with Gasteiger partial charge in [0.2, 0.25) is 0 Å². The molecule has 126 valence electrons. The van der Waals surface area contributed by atoms with Crippen LogP contribution in [0.25, 0.3) is 0 Å². The van der Waals surface area contributed by atoms with E-state index in [2.05, 4.69) is 9.88 Å². The topological polar surface area (TPSA) is 53.2 Å². The number of benzene rings is 1. The Morgan fingerprint density at radius 1 is 1.17 bits per heavy atom. The number of aromatic nitrogens is 1. The molecule has 4 nitrogen and oxygen atoms in total. The van der Waals surface area contributed by atoms with Gasteiger partial charge in [-0.1, -0.05) is 29.8 Å². The van der Waals surface area contributed by atoms with Crippen LogP contribution in [0.2, 0.25) is 5.02 Å². The van der Waals surface area contributed by atoms with Crippen LogP contribution in [-0.2, 0) is 6.54 Å². The van der Waals surface area contributed by atoms with Crippen molar-refractivity contribution in [1.82, 2.24) is 9.88 Å². The van der Waals surface area contributed by atoms with E-state index in [-0.39, 0.29) is 11.3 Å². The second kappa shape index (κ2) is 7.77. The second-order valence-electron chi connectivity index (χ2n) is 6.35. The lowest BCUT2D eigenvalue weighted by Crippen LogP contribution is -2.35. The number of pyridine rings is 1. The number of nitrogens with zero attached hydrogens (tertiary/aromatic N) is 1. The van der Waals surface area contributed by atoms with E-state index < -0.39 is 0 Å². The minimum Gasteiger partial charge on any atom is -0.329 e. The van der Waals surface area contributed by atoms with E-state index in [9.17, 15) is 9.59 Å². The van der Waals surface area contributed by atoms with Crippen molar-refractivity contribution in [1.29, 1.82) is 0 Å². The Morgan fingerprint density at radius 3 is 2.62 bits per heavy atom. The molecule has 1 aliphatic rings. The van der Waals surface area contributed by atoms with Crippen molar-refractivity contribution in [3.8, 4) is 0 Å². The molecule has 2 aromatic rings. The number of carbonyl (C=O) groups excluding carboxylic acids is 1. The maximum Gasteiger partial charge on any atom is 0.252 e. The summed E-state index contributed by atoms with van der Waals surface area (Å²) in [5.41, 5.74) is 1.40. The lowest BCUT2D eigenvalue weighted by molar-refractivity contribution is 0.0925. The Balaban J connectivity index is 1.52. The summed E-state index contributed by atoms with van der Waals surface area (Å²) >= 11 is 6.10. The molecule has 0 bridgehead atoms. The highest BCUT2D eigenvalue weighted by atomic mass is 35.5. The quantitative estimate of drug-likeness (QED) is 0.844. The van der Waals surface area contributed by atoms with Crippen LogP contribution in [0.3, 0.4) is 0 Å². The van der Waals surface area contributed by atoms with Gasteiger partial charge in [-0.3, -0.25) is 14.5 Å². The number of likely N-dealkylation sites (tertiary alicyclic amines) is 1. The van der Waals surface area contributed by atoms with Crippen LogP contribution in [0.1, 0.15) is 35.2 Å². The summed E-state index contributed by atoms with van der Waals surface area (Å²) in [4.78, 5) is 29.1. The first-order valence-corrected chi connectivity index (χ1v) is 8.68. The van der Waals surface area contributed by atoms with Gasteiger partial charge >= 0.3 is 0 Å². The molecule has 1 saturated heterocycles. The van der Waals surface area contributed by atoms with Crippen molar-refractivity contribution in [3.63, 3.8) is 0 Å². The minimum atomic E-state index is -0.0199. The molecule has 1 N–H and O–H groups in total. The predicted molar refractivity (Wildman–Crippen MR) is 95.5 cm³/mol. The molecule has 1 fully saturated rings. The number of rotatable bonds is 5. The van der Waals surface area contributed by atoms with Crippen LogP contribution >= 0.6 is 11.6 Å². The summed E-state index contributed by atoms with van der Waals surface area (Å²) in [5, 5.41) is 0.531. The van der Waals surface area contributed by atoms with Crippen molar-refractivity contribution in [2.24, 2.45) is 5.92 Å². The molecule has 1 aromatic heterocycles. The molecule has 0 saturated carbocycles. The lowest BCUT2D eigenvalue weighted by Gasteiger charge is -2.31. The normalized spacial score (nSPS) is 16.2. The van der Waals surface area contributed by atoms with Gasteiger partial charge < -0.3 is 4.98 Å². The van der Waals surface area contributed by atoms with Crippen LogP contribution in [0.15, 0.2) is 47.4 Å². The number of carbonyl (C=O) groups is 1. The van der Waals surface area contributed by atoms with Crippen LogP contribution in [-0.4, -0.2) is 28.8 Å². The Labute approximate surface area is 146 Å². The third-order valence-electron chi connectivity index (χ3n) is 4.65. The number of nitrogens with one attached hydrogen (secondary N) is 1. The maximum atomic E-state index is 12.4. The highest BCUT2D eigenvalue weighted by molar-refractivity contribution is 6.33. The Hall–Kier alpha value is -1.91. The van der Waals surface area contributed by atoms with Crippen molar-refractivity contribution in [2.75, 3.05) is 13.1 Å². The fourth-order valence-electron chi connectivity index (χ4n) is 3.23. The van der Waals surface area contributed by atoms with E-state index in [1.165, 1.54) is 0 Å². The van der Waals surface area contributed by atoms with E-state index in [4.69, 9.17) is 11.6 Å². The lowest BCUT2D eigenvalue weighted by atomic mass is 9.89. The highest BCUT2D eigenvalue weighted by Crippen LogP contribution is 2.25. The third-order valence-corrected chi connectivity index (χ3v) is 4.98. The van der Waals surface area contributed by atoms with E-state index in [1.54, 1.807) is 18.3 Å². The van der Waals surface area contributed by atoms with Crippen molar-refractivity contribution >= 4 is 17.4 Å². The first kappa shape index (κ1) is 16.9. The molecule has 0 atom stereocenters. The number of piperidine rings is 1. The number of hydrogen-bond donors (Lipinski definition) is 1. The second-order valence-corrected chi connectivity index (χ2v) is 6.76. The smallest absolute Gasteiger partial charge is 0.252 e. The first-order valence-electron chi connectivity index (χ1n) is 8.30. The zero-order valence-corrected chi connectivity index (χ0v) is 14.3. The number of aromatic amines is 1. The van der Waals surface area contributed by atoms with Crippen LogP contribution in [0.4, 0.5) is 0 Å². The summed E-state index contributed by atoms with van der Waals surface area (Å²) < 4.78 is 0. The average Bonchev–Trinajstić information content (AvgIpc) is 2.59. The molecule has 2 heterocycles. The fourth-order valence-corrected chi connectivity index (χ4v) is 3.47. The highest BCUT2D eigenvalue weighted by Gasteiger charge is 2.23. The van der Waals surface area contributed by atoms with Gasteiger partial charge in [0.25, 0.3) is 5.56 Å². The summed E-state index contributed by atoms with van der Waals surface area (Å²) in [6.07, 6.45) is 4.14. The SMILES string of the molecule is O=C(CC1CCN(Cc2ccc[nH]c2=O)CC1)c1ccccc1Cl. The van der Waals surface area contributed by atoms with E-state index in [1.807, 2.05) is 24.3 Å². The summed E-state index contributed by atoms with van der Waals surface area (Å²) in [6.45, 7) is 2.49. The average molecular weight is 345 g/mol. The Morgan fingerprint density at radius 2 is 1.92 bits per heavy atom. The number of H-pyrrole nitrogens is 1. The van der Waals surface area contributed by atoms with Crippen LogP contribution in [0.5, 0.6) is 0 Å². The predicted octanol–water partition coefficient (Wildman–Crippen LogP) is 3.51. The van der Waals surface area contributed by atoms with Gasteiger partial charge in [0, 0.05) is 30.3 Å². The monoisotopic (exact) mass is 344 g/mol. The van der Waals surface area contributed by atoms with Crippen molar-refractivity contribution in [2.45, 2.75) is 25.8 Å². The Bertz CT molecular complexity index is 764. The number of ketones is 1. The molecule has 0 spiro atoms. The number of hydrogen-bond acceptors (Lipinski definition) is 3. The van der Waals surface area contributed by atoms with Gasteiger partial charge in [0.15, 0.2) is 5.78 Å².